The monoisotopic (exact) mass is 438 g/mol. The van der Waals surface area contributed by atoms with Crippen LogP contribution in [-0.2, 0) is 0 Å². The Hall–Kier alpha value is -3.92. The molecule has 1 aromatic carbocycles. The smallest absolute Gasteiger partial charge is 0.321 e. The van der Waals surface area contributed by atoms with Gasteiger partial charge in [0.05, 0.1) is 11.6 Å². The van der Waals surface area contributed by atoms with E-state index >= 15 is 0 Å². The number of imidazole rings is 1. The van der Waals surface area contributed by atoms with Crippen LogP contribution in [0.5, 0.6) is 0 Å². The van der Waals surface area contributed by atoms with E-state index in [-0.39, 0.29) is 17.3 Å². The summed E-state index contributed by atoms with van der Waals surface area (Å²) in [5.74, 6) is -1.05. The number of halogens is 2. The number of nitrogens with one attached hydrogen (secondary N) is 3. The average Bonchev–Trinajstić information content (AvgIpc) is 3.15. The Morgan fingerprint density at radius 1 is 1.19 bits per heavy atom. The lowest BCUT2D eigenvalue weighted by Gasteiger charge is -2.10. The van der Waals surface area contributed by atoms with E-state index in [0.717, 1.165) is 0 Å². The predicted molar refractivity (Wildman–Crippen MR) is 116 cm³/mol. The molecule has 0 saturated carbocycles. The van der Waals surface area contributed by atoms with Crippen molar-refractivity contribution in [1.82, 2.24) is 25.3 Å². The van der Waals surface area contributed by atoms with Crippen molar-refractivity contribution in [2.75, 3.05) is 11.9 Å². The summed E-state index contributed by atoms with van der Waals surface area (Å²) in [7, 11) is 0. The van der Waals surface area contributed by atoms with Crippen LogP contribution in [0.2, 0.25) is 0 Å². The molecule has 4 rings (SSSR count). The van der Waals surface area contributed by atoms with Crippen LogP contribution in [0, 0.1) is 11.6 Å². The number of hydrogen-bond donors (Lipinski definition) is 4. The molecule has 0 aliphatic carbocycles. The molecule has 10 heteroatoms. The largest absolute Gasteiger partial charge is 0.387 e. The number of aliphatic hydroxyl groups excluding tert-OH is 1. The van der Waals surface area contributed by atoms with Gasteiger partial charge in [0.15, 0.2) is 0 Å². The van der Waals surface area contributed by atoms with Crippen LogP contribution in [0.3, 0.4) is 0 Å². The summed E-state index contributed by atoms with van der Waals surface area (Å²) in [5, 5.41) is 14.8. The molecule has 4 aromatic rings. The molecule has 0 bridgehead atoms. The summed E-state index contributed by atoms with van der Waals surface area (Å²) < 4.78 is 29.0. The highest BCUT2D eigenvalue weighted by molar-refractivity contribution is 5.98. The second-order valence-corrected chi connectivity index (χ2v) is 7.09. The molecule has 8 nitrogen and oxygen atoms in total. The Morgan fingerprint density at radius 3 is 2.69 bits per heavy atom. The fraction of sp³-hybridized carbons (Fsp3) is 0.182. The Balaban J connectivity index is 1.89. The van der Waals surface area contributed by atoms with Crippen molar-refractivity contribution in [3.63, 3.8) is 0 Å². The van der Waals surface area contributed by atoms with Crippen LogP contribution in [0.15, 0.2) is 42.7 Å². The lowest BCUT2D eigenvalue weighted by molar-refractivity contribution is 0.188. The molecular weight excluding hydrogens is 418 g/mol. The van der Waals surface area contributed by atoms with Gasteiger partial charge in [0, 0.05) is 30.1 Å². The molecule has 0 spiro atoms. The number of carbonyl (C=O) groups excluding carboxylic acids is 1. The van der Waals surface area contributed by atoms with E-state index in [1.165, 1.54) is 37.5 Å². The van der Waals surface area contributed by atoms with Gasteiger partial charge in [0.2, 0.25) is 5.95 Å². The number of rotatable bonds is 5. The van der Waals surface area contributed by atoms with E-state index in [4.69, 9.17) is 0 Å². The fourth-order valence-electron chi connectivity index (χ4n) is 3.33. The number of nitrogens with zero attached hydrogens (tertiary/aromatic N) is 3. The highest BCUT2D eigenvalue weighted by Crippen LogP contribution is 2.34. The van der Waals surface area contributed by atoms with Gasteiger partial charge in [-0.3, -0.25) is 15.3 Å². The number of carbonyl (C=O) groups is 1. The van der Waals surface area contributed by atoms with Crippen molar-refractivity contribution in [2.45, 2.75) is 20.0 Å². The Labute approximate surface area is 181 Å². The van der Waals surface area contributed by atoms with E-state index in [1.807, 2.05) is 0 Å². The first-order valence-electron chi connectivity index (χ1n) is 9.90. The molecule has 1 unspecified atom stereocenters. The molecule has 2 amide bonds. The number of urea groups is 1. The first kappa shape index (κ1) is 21.3. The number of hydrogen-bond acceptors (Lipinski definition) is 5. The number of H-pyrrole nitrogens is 1. The van der Waals surface area contributed by atoms with Crippen LogP contribution in [-0.4, -0.2) is 37.6 Å². The molecule has 1 atom stereocenters. The van der Waals surface area contributed by atoms with Crippen molar-refractivity contribution < 1.29 is 18.7 Å². The maximum atomic E-state index is 14.6. The highest BCUT2D eigenvalue weighted by Gasteiger charge is 2.18. The van der Waals surface area contributed by atoms with Gasteiger partial charge in [-0.05, 0) is 49.7 Å². The van der Waals surface area contributed by atoms with Gasteiger partial charge >= 0.3 is 6.03 Å². The van der Waals surface area contributed by atoms with Gasteiger partial charge in [-0.2, -0.15) is 0 Å². The molecule has 0 aliphatic rings. The van der Waals surface area contributed by atoms with Crippen LogP contribution < -0.4 is 10.6 Å². The van der Waals surface area contributed by atoms with Gasteiger partial charge < -0.3 is 15.4 Å². The molecule has 0 aliphatic heterocycles. The summed E-state index contributed by atoms with van der Waals surface area (Å²) in [4.78, 5) is 27.4. The topological polar surface area (TPSA) is 116 Å². The van der Waals surface area contributed by atoms with Gasteiger partial charge in [0.25, 0.3) is 0 Å². The highest BCUT2D eigenvalue weighted by atomic mass is 19.1. The number of aliphatic hydroxyl groups is 1. The van der Waals surface area contributed by atoms with Gasteiger partial charge in [-0.1, -0.05) is 0 Å². The zero-order chi connectivity index (χ0) is 22.8. The molecule has 164 valence electrons. The fourth-order valence-corrected chi connectivity index (χ4v) is 3.33. The zero-order valence-corrected chi connectivity index (χ0v) is 17.3. The summed E-state index contributed by atoms with van der Waals surface area (Å²) in [5.41, 5.74) is 2.15. The summed E-state index contributed by atoms with van der Waals surface area (Å²) in [6, 6.07) is 6.87. The maximum absolute atomic E-state index is 14.6. The quantitative estimate of drug-likeness (QED) is 0.373. The van der Waals surface area contributed by atoms with E-state index in [0.29, 0.717) is 34.3 Å². The molecular formula is C22H20F2N6O2. The Morgan fingerprint density at radius 2 is 2.00 bits per heavy atom. The minimum Gasteiger partial charge on any atom is -0.387 e. The molecule has 0 radical (unpaired) electrons. The summed E-state index contributed by atoms with van der Waals surface area (Å²) >= 11 is 0. The number of fused-ring (bicyclic) bond motifs is 1. The second-order valence-electron chi connectivity index (χ2n) is 7.09. The van der Waals surface area contributed by atoms with E-state index < -0.39 is 23.8 Å². The third-order valence-electron chi connectivity index (χ3n) is 4.77. The number of aromatic nitrogens is 4. The Kier molecular flexibility index (Phi) is 5.78. The zero-order valence-electron chi connectivity index (χ0n) is 17.3. The minimum atomic E-state index is -1.06. The first-order chi connectivity index (χ1) is 15.4. The molecule has 3 aromatic heterocycles. The third kappa shape index (κ3) is 4.12. The maximum Gasteiger partial charge on any atom is 0.321 e. The second kappa shape index (κ2) is 8.67. The molecule has 32 heavy (non-hydrogen) atoms. The van der Waals surface area contributed by atoms with Crippen LogP contribution in [0.4, 0.5) is 19.5 Å². The SMILES string of the molecule is CCNC(=O)Nc1nc2c(-c3ncccc3F)cc(-c3cnc(C(C)O)c(F)c3)cc2[nH]1. The average molecular weight is 438 g/mol. The van der Waals surface area contributed by atoms with Crippen LogP contribution in [0.1, 0.15) is 25.6 Å². The minimum absolute atomic E-state index is 0.0597. The normalized spacial score (nSPS) is 12.0. The number of amides is 2. The summed E-state index contributed by atoms with van der Waals surface area (Å²) in [6.45, 7) is 3.64. The van der Waals surface area contributed by atoms with Crippen molar-refractivity contribution in [3.05, 3.63) is 60.1 Å². The molecule has 0 saturated heterocycles. The predicted octanol–water partition coefficient (Wildman–Crippen LogP) is 4.16. The lowest BCUT2D eigenvalue weighted by Crippen LogP contribution is -2.28. The van der Waals surface area contributed by atoms with Gasteiger partial charge in [0.1, 0.15) is 28.5 Å². The van der Waals surface area contributed by atoms with Crippen molar-refractivity contribution >= 4 is 23.0 Å². The number of anilines is 1. The first-order valence-corrected chi connectivity index (χ1v) is 9.90. The van der Waals surface area contributed by atoms with Crippen molar-refractivity contribution in [3.8, 4) is 22.4 Å². The van der Waals surface area contributed by atoms with Crippen LogP contribution >= 0.6 is 0 Å². The molecule has 3 heterocycles. The standard InChI is InChI=1S/C22H20F2N6O2/c1-3-25-22(32)30-21-28-17-9-12(13-8-16(24)18(11(2)31)27-10-13)7-14(20(17)29-21)19-15(23)5-4-6-26-19/h4-11,31H,3H2,1-2H3,(H3,25,28,29,30,32). The molecule has 4 N–H and O–H groups in total. The number of benzene rings is 1. The lowest BCUT2D eigenvalue weighted by atomic mass is 10.00. The van der Waals surface area contributed by atoms with Crippen LogP contribution in [0.25, 0.3) is 33.4 Å². The van der Waals surface area contributed by atoms with Gasteiger partial charge in [-0.15, -0.1) is 0 Å². The summed E-state index contributed by atoms with van der Waals surface area (Å²) in [6.07, 6.45) is 1.82. The van der Waals surface area contributed by atoms with Crippen molar-refractivity contribution in [1.29, 1.82) is 0 Å². The number of aromatic amines is 1. The van der Waals surface area contributed by atoms with E-state index in [9.17, 15) is 18.7 Å². The van der Waals surface area contributed by atoms with E-state index in [1.54, 1.807) is 19.1 Å². The number of pyridine rings is 2. The van der Waals surface area contributed by atoms with Crippen molar-refractivity contribution in [2.24, 2.45) is 0 Å². The molecule has 0 fully saturated rings. The van der Waals surface area contributed by atoms with E-state index in [2.05, 4.69) is 30.6 Å². The van der Waals surface area contributed by atoms with Gasteiger partial charge in [-0.25, -0.2) is 18.6 Å². The third-order valence-corrected chi connectivity index (χ3v) is 4.77. The Bertz CT molecular complexity index is 1310.